The molecule has 0 amide bonds. The van der Waals surface area contributed by atoms with E-state index in [-0.39, 0.29) is 10.8 Å². The number of benzene rings is 1. The summed E-state index contributed by atoms with van der Waals surface area (Å²) in [4.78, 5) is 4.98. The molecule has 0 saturated heterocycles. The van der Waals surface area contributed by atoms with Gasteiger partial charge in [0.15, 0.2) is 0 Å². The number of fused-ring (bicyclic) bond motifs is 3. The van der Waals surface area contributed by atoms with Crippen molar-refractivity contribution in [2.24, 2.45) is 10.8 Å². The molecule has 0 radical (unpaired) electrons. The van der Waals surface area contributed by atoms with E-state index in [2.05, 4.69) is 75.9 Å². The van der Waals surface area contributed by atoms with Crippen LogP contribution in [0.2, 0.25) is 0 Å². The molecule has 1 aromatic rings. The Labute approximate surface area is 152 Å². The summed E-state index contributed by atoms with van der Waals surface area (Å²) in [6, 6.07) is 8.47. The molecule has 3 nitrogen and oxygen atoms in total. The fourth-order valence-electron chi connectivity index (χ4n) is 4.90. The minimum Gasteiger partial charge on any atom is -0.355 e. The first-order valence-corrected chi connectivity index (χ1v) is 9.54. The van der Waals surface area contributed by atoms with E-state index in [4.69, 9.17) is 0 Å². The summed E-state index contributed by atoms with van der Waals surface area (Å²) in [5, 5.41) is 9.28. The Morgan fingerprint density at radius 1 is 1.32 bits per heavy atom. The van der Waals surface area contributed by atoms with Gasteiger partial charge in [-0.2, -0.15) is 5.26 Å². The third-order valence-electron chi connectivity index (χ3n) is 6.35. The van der Waals surface area contributed by atoms with E-state index in [9.17, 15) is 5.26 Å². The summed E-state index contributed by atoms with van der Waals surface area (Å²) < 4.78 is 0. The molecule has 2 aliphatic rings. The second-order valence-corrected chi connectivity index (χ2v) is 8.68. The van der Waals surface area contributed by atoms with Crippen molar-refractivity contribution in [2.45, 2.75) is 66.5 Å². The summed E-state index contributed by atoms with van der Waals surface area (Å²) in [6.07, 6.45) is 7.24. The van der Waals surface area contributed by atoms with Crippen molar-refractivity contribution in [1.29, 1.82) is 5.26 Å². The Hall–Kier alpha value is -1.95. The van der Waals surface area contributed by atoms with Crippen molar-refractivity contribution >= 4 is 5.69 Å². The van der Waals surface area contributed by atoms with E-state index in [0.717, 1.165) is 18.4 Å². The number of allylic oxidation sites excluding steroid dienone is 1. The minimum absolute atomic E-state index is 0.163. The highest BCUT2D eigenvalue weighted by Gasteiger charge is 2.49. The molecule has 0 bridgehead atoms. The molecule has 0 saturated carbocycles. The molecule has 1 aromatic carbocycles. The van der Waals surface area contributed by atoms with Gasteiger partial charge in [-0.3, -0.25) is 0 Å². The van der Waals surface area contributed by atoms with Gasteiger partial charge in [0.25, 0.3) is 0 Å². The van der Waals surface area contributed by atoms with Crippen molar-refractivity contribution in [1.82, 2.24) is 4.90 Å². The smallest absolute Gasteiger partial charge is 0.111 e. The van der Waals surface area contributed by atoms with E-state index in [1.54, 1.807) is 0 Å². The van der Waals surface area contributed by atoms with E-state index >= 15 is 0 Å². The van der Waals surface area contributed by atoms with Crippen LogP contribution in [0.1, 0.15) is 65.0 Å². The summed E-state index contributed by atoms with van der Waals surface area (Å²) in [5.41, 5.74) is 5.09. The molecule has 0 N–H and O–H groups in total. The zero-order chi connectivity index (χ0) is 18.4. The summed E-state index contributed by atoms with van der Waals surface area (Å²) in [7, 11) is 2.26. The Morgan fingerprint density at radius 2 is 2.04 bits per heavy atom. The lowest BCUT2D eigenvalue weighted by molar-refractivity contribution is 0.110. The molecule has 0 aliphatic carbocycles. The fraction of sp³-hybridized carbons (Fsp3) is 0.591. The standard InChI is InChI=1S/C22H31N3/c1-7-11-21(3,4)19-15-25-18-10-9-16(14-23)12-17(18)13-22(5,8-2)20(25)24(19)6/h9-10,12,15,20H,7-8,11,13H2,1-6H3. The second-order valence-electron chi connectivity index (χ2n) is 8.68. The van der Waals surface area contributed by atoms with Crippen molar-refractivity contribution in [3.8, 4) is 6.07 Å². The lowest BCUT2D eigenvalue weighted by atomic mass is 9.74. The molecule has 2 heterocycles. The maximum atomic E-state index is 9.28. The predicted octanol–water partition coefficient (Wildman–Crippen LogP) is 5.28. The SMILES string of the molecule is CCCC(C)(C)C1=CN2c3ccc(C#N)cc3CC(C)(CC)C2N1C. The quantitative estimate of drug-likeness (QED) is 0.749. The van der Waals surface area contributed by atoms with Crippen LogP contribution in [0, 0.1) is 22.2 Å². The van der Waals surface area contributed by atoms with Gasteiger partial charge in [-0.15, -0.1) is 0 Å². The molecule has 2 atom stereocenters. The van der Waals surface area contributed by atoms with Crippen LogP contribution in [0.5, 0.6) is 0 Å². The number of hydrogen-bond donors (Lipinski definition) is 0. The van der Waals surface area contributed by atoms with Crippen molar-refractivity contribution < 1.29 is 0 Å². The average molecular weight is 338 g/mol. The van der Waals surface area contributed by atoms with Crippen LogP contribution < -0.4 is 4.90 Å². The third kappa shape index (κ3) is 2.72. The molecule has 0 fully saturated rings. The number of nitriles is 1. The largest absolute Gasteiger partial charge is 0.355 e. The van der Waals surface area contributed by atoms with Gasteiger partial charge in [-0.05, 0) is 43.0 Å². The number of rotatable bonds is 4. The molecular weight excluding hydrogens is 306 g/mol. The van der Waals surface area contributed by atoms with Gasteiger partial charge in [0.1, 0.15) is 6.17 Å². The van der Waals surface area contributed by atoms with Gasteiger partial charge in [-0.1, -0.05) is 41.0 Å². The first-order chi connectivity index (χ1) is 11.8. The number of hydrogen-bond acceptors (Lipinski definition) is 3. The molecule has 0 spiro atoms. The number of anilines is 1. The molecule has 3 heteroatoms. The van der Waals surface area contributed by atoms with Crippen LogP contribution in [0.15, 0.2) is 30.1 Å². The van der Waals surface area contributed by atoms with Gasteiger partial charge in [0, 0.05) is 35.5 Å². The van der Waals surface area contributed by atoms with Crippen molar-refractivity contribution in [2.75, 3.05) is 11.9 Å². The van der Waals surface area contributed by atoms with Gasteiger partial charge in [0.05, 0.1) is 11.6 Å². The normalized spacial score (nSPS) is 25.3. The van der Waals surface area contributed by atoms with Crippen LogP contribution in [0.3, 0.4) is 0 Å². The molecule has 3 rings (SSSR count). The first-order valence-electron chi connectivity index (χ1n) is 9.54. The highest BCUT2D eigenvalue weighted by Crippen LogP contribution is 2.51. The molecule has 2 aliphatic heterocycles. The molecule has 25 heavy (non-hydrogen) atoms. The lowest BCUT2D eigenvalue weighted by Crippen LogP contribution is -2.54. The first kappa shape index (κ1) is 17.9. The maximum absolute atomic E-state index is 9.28. The highest BCUT2D eigenvalue weighted by atomic mass is 15.4. The maximum Gasteiger partial charge on any atom is 0.111 e. The second kappa shape index (κ2) is 6.09. The van der Waals surface area contributed by atoms with Gasteiger partial charge < -0.3 is 9.80 Å². The minimum atomic E-state index is 0.163. The molecule has 0 aromatic heterocycles. The molecule has 134 valence electrons. The van der Waals surface area contributed by atoms with Crippen molar-refractivity contribution in [3.63, 3.8) is 0 Å². The van der Waals surface area contributed by atoms with Gasteiger partial charge in [0.2, 0.25) is 0 Å². The topological polar surface area (TPSA) is 30.3 Å². The van der Waals surface area contributed by atoms with Gasteiger partial charge >= 0.3 is 0 Å². The van der Waals surface area contributed by atoms with Crippen LogP contribution in [-0.2, 0) is 6.42 Å². The predicted molar refractivity (Wildman–Crippen MR) is 104 cm³/mol. The Kier molecular flexibility index (Phi) is 4.35. The van der Waals surface area contributed by atoms with E-state index < -0.39 is 0 Å². The van der Waals surface area contributed by atoms with Crippen molar-refractivity contribution in [3.05, 3.63) is 41.2 Å². The Bertz CT molecular complexity index is 740. The number of nitrogens with zero attached hydrogens (tertiary/aromatic N) is 3. The van der Waals surface area contributed by atoms with Gasteiger partial charge in [-0.25, -0.2) is 0 Å². The average Bonchev–Trinajstić information content (AvgIpc) is 2.94. The monoisotopic (exact) mass is 337 g/mol. The summed E-state index contributed by atoms with van der Waals surface area (Å²) in [6.45, 7) is 11.7. The van der Waals surface area contributed by atoms with Crippen LogP contribution in [0.25, 0.3) is 0 Å². The lowest BCUT2D eigenvalue weighted by Gasteiger charge is -2.49. The van der Waals surface area contributed by atoms with E-state index in [1.165, 1.54) is 29.8 Å². The van der Waals surface area contributed by atoms with E-state index in [1.807, 2.05) is 6.07 Å². The Morgan fingerprint density at radius 3 is 2.64 bits per heavy atom. The summed E-state index contributed by atoms with van der Waals surface area (Å²) in [5.74, 6) is 0. The highest BCUT2D eigenvalue weighted by molar-refractivity contribution is 5.64. The van der Waals surface area contributed by atoms with Crippen LogP contribution in [0.4, 0.5) is 5.69 Å². The summed E-state index contributed by atoms with van der Waals surface area (Å²) >= 11 is 0. The van der Waals surface area contributed by atoms with Crippen LogP contribution in [-0.4, -0.2) is 18.1 Å². The molecule has 2 unspecified atom stereocenters. The third-order valence-corrected chi connectivity index (χ3v) is 6.35. The zero-order valence-electron chi connectivity index (χ0n) is 16.6. The zero-order valence-corrected chi connectivity index (χ0v) is 16.6. The van der Waals surface area contributed by atoms with E-state index in [0.29, 0.717) is 6.17 Å². The fourth-order valence-corrected chi connectivity index (χ4v) is 4.90. The molecular formula is C22H31N3. The van der Waals surface area contributed by atoms with Crippen LogP contribution >= 0.6 is 0 Å². The Balaban J connectivity index is 2.12.